The van der Waals surface area contributed by atoms with E-state index in [1.807, 2.05) is 48.5 Å². The topological polar surface area (TPSA) is 72.6 Å². The zero-order valence-electron chi connectivity index (χ0n) is 17.3. The Balaban J connectivity index is 0. The van der Waals surface area contributed by atoms with E-state index in [1.54, 1.807) is 31.9 Å². The summed E-state index contributed by atoms with van der Waals surface area (Å²) in [6, 6.07) is -0.791. The standard InChI is InChI=1S/C17H32N2O3.C2H6/c1-9-22-16(21)12(4)10-13(11(2)3)19(8)15(20)14(18)17(5,6)7;1-2/h10-11,13-14H,9,18H2,1-8H3;1-2H3/b12-10+;. The zero-order valence-corrected chi connectivity index (χ0v) is 17.3. The van der Waals surface area contributed by atoms with Crippen LogP contribution in [0.4, 0.5) is 0 Å². The minimum Gasteiger partial charge on any atom is -0.463 e. The van der Waals surface area contributed by atoms with Gasteiger partial charge < -0.3 is 15.4 Å². The summed E-state index contributed by atoms with van der Waals surface area (Å²) in [5.41, 5.74) is 6.26. The number of nitrogens with zero attached hydrogens (tertiary/aromatic N) is 1. The lowest BCUT2D eigenvalue weighted by Gasteiger charge is -2.35. The summed E-state index contributed by atoms with van der Waals surface area (Å²) >= 11 is 0. The van der Waals surface area contributed by atoms with Crippen molar-refractivity contribution in [3.05, 3.63) is 11.6 Å². The number of hydrogen-bond donors (Lipinski definition) is 1. The van der Waals surface area contributed by atoms with Crippen LogP contribution in [-0.2, 0) is 14.3 Å². The van der Waals surface area contributed by atoms with Crippen molar-refractivity contribution in [1.82, 2.24) is 4.90 Å². The van der Waals surface area contributed by atoms with Gasteiger partial charge >= 0.3 is 5.97 Å². The van der Waals surface area contributed by atoms with E-state index in [0.29, 0.717) is 12.2 Å². The van der Waals surface area contributed by atoms with Crippen molar-refractivity contribution >= 4 is 11.9 Å². The molecule has 1 amide bonds. The third-order valence-corrected chi connectivity index (χ3v) is 3.70. The lowest BCUT2D eigenvalue weighted by atomic mass is 9.86. The molecule has 2 unspecified atom stereocenters. The van der Waals surface area contributed by atoms with Gasteiger partial charge in [0.05, 0.1) is 18.7 Å². The van der Waals surface area contributed by atoms with Crippen LogP contribution in [0.3, 0.4) is 0 Å². The number of hydrogen-bond acceptors (Lipinski definition) is 4. The van der Waals surface area contributed by atoms with Gasteiger partial charge in [-0.3, -0.25) is 4.79 Å². The first-order valence-electron chi connectivity index (χ1n) is 8.81. The maximum atomic E-state index is 12.6. The fraction of sp³-hybridized carbons (Fsp3) is 0.789. The van der Waals surface area contributed by atoms with Crippen molar-refractivity contribution in [2.45, 2.75) is 74.4 Å². The highest BCUT2D eigenvalue weighted by atomic mass is 16.5. The Bertz CT molecular complexity index is 423. The Morgan fingerprint density at radius 1 is 1.21 bits per heavy atom. The summed E-state index contributed by atoms with van der Waals surface area (Å²) in [4.78, 5) is 26.0. The van der Waals surface area contributed by atoms with E-state index in [4.69, 9.17) is 10.5 Å². The van der Waals surface area contributed by atoms with Crippen LogP contribution in [0.5, 0.6) is 0 Å². The van der Waals surface area contributed by atoms with Crippen LogP contribution in [0, 0.1) is 11.3 Å². The Morgan fingerprint density at radius 3 is 2.00 bits per heavy atom. The van der Waals surface area contributed by atoms with Crippen molar-refractivity contribution in [2.75, 3.05) is 13.7 Å². The number of carbonyl (C=O) groups excluding carboxylic acids is 2. The second-order valence-corrected chi connectivity index (χ2v) is 7.10. The maximum Gasteiger partial charge on any atom is 0.333 e. The molecule has 0 fully saturated rings. The lowest BCUT2D eigenvalue weighted by Crippen LogP contribution is -2.52. The van der Waals surface area contributed by atoms with E-state index >= 15 is 0 Å². The van der Waals surface area contributed by atoms with Gasteiger partial charge in [0.15, 0.2) is 0 Å². The Morgan fingerprint density at radius 2 is 1.67 bits per heavy atom. The number of carbonyl (C=O) groups is 2. The molecule has 0 aromatic heterocycles. The van der Waals surface area contributed by atoms with E-state index < -0.39 is 6.04 Å². The molecule has 0 aliphatic rings. The average molecular weight is 343 g/mol. The molecular formula is C19H38N2O3. The fourth-order valence-electron chi connectivity index (χ4n) is 2.06. The van der Waals surface area contributed by atoms with Crippen LogP contribution in [0.2, 0.25) is 0 Å². The molecule has 2 atom stereocenters. The SMILES string of the molecule is CC.CCOC(=O)/C(C)=C/C(C(C)C)N(C)C(=O)C(N)C(C)(C)C. The Labute approximate surface area is 148 Å². The van der Waals surface area contributed by atoms with E-state index in [9.17, 15) is 9.59 Å². The van der Waals surface area contributed by atoms with Crippen LogP contribution >= 0.6 is 0 Å². The summed E-state index contributed by atoms with van der Waals surface area (Å²) in [5.74, 6) is -0.321. The van der Waals surface area contributed by atoms with Gasteiger partial charge in [-0.1, -0.05) is 54.5 Å². The van der Waals surface area contributed by atoms with Gasteiger partial charge in [0.1, 0.15) is 0 Å². The first-order chi connectivity index (χ1) is 10.9. The number of esters is 1. The molecule has 0 saturated carbocycles. The third kappa shape index (κ3) is 7.95. The lowest BCUT2D eigenvalue weighted by molar-refractivity contribution is -0.139. The van der Waals surface area contributed by atoms with Gasteiger partial charge in [0.25, 0.3) is 0 Å². The molecule has 0 radical (unpaired) electrons. The normalized spacial score (nSPS) is 14.4. The molecule has 0 rings (SSSR count). The summed E-state index contributed by atoms with van der Waals surface area (Å²) in [7, 11) is 1.73. The minimum atomic E-state index is -0.588. The fourth-order valence-corrected chi connectivity index (χ4v) is 2.06. The first-order valence-corrected chi connectivity index (χ1v) is 8.81. The molecule has 142 valence electrons. The molecule has 0 aromatic rings. The van der Waals surface area contributed by atoms with E-state index in [2.05, 4.69) is 0 Å². The Kier molecular flexibility index (Phi) is 11.7. The third-order valence-electron chi connectivity index (χ3n) is 3.70. The predicted octanol–water partition coefficient (Wildman–Crippen LogP) is 3.38. The highest BCUT2D eigenvalue weighted by Crippen LogP contribution is 2.22. The van der Waals surface area contributed by atoms with Gasteiger partial charge in [-0.15, -0.1) is 0 Å². The zero-order chi connectivity index (χ0) is 19.7. The summed E-state index contributed by atoms with van der Waals surface area (Å²) in [6.07, 6.45) is 1.79. The summed E-state index contributed by atoms with van der Waals surface area (Å²) < 4.78 is 4.99. The molecule has 24 heavy (non-hydrogen) atoms. The number of nitrogens with two attached hydrogens (primary N) is 1. The molecule has 0 aliphatic carbocycles. The van der Waals surface area contributed by atoms with Crippen LogP contribution in [-0.4, -0.2) is 42.5 Å². The van der Waals surface area contributed by atoms with Crippen molar-refractivity contribution < 1.29 is 14.3 Å². The molecule has 0 spiro atoms. The average Bonchev–Trinajstić information content (AvgIpc) is 2.51. The van der Waals surface area contributed by atoms with Gasteiger partial charge in [0.2, 0.25) is 5.91 Å². The molecule has 0 bridgehead atoms. The molecule has 5 heteroatoms. The van der Waals surface area contributed by atoms with Crippen molar-refractivity contribution in [3.63, 3.8) is 0 Å². The largest absolute Gasteiger partial charge is 0.463 e. The number of likely N-dealkylation sites (N-methyl/N-ethyl adjacent to an activating group) is 1. The molecule has 0 aromatic carbocycles. The quantitative estimate of drug-likeness (QED) is 0.593. The highest BCUT2D eigenvalue weighted by Gasteiger charge is 2.33. The molecule has 5 nitrogen and oxygen atoms in total. The Hall–Kier alpha value is -1.36. The number of amides is 1. The van der Waals surface area contributed by atoms with Crippen LogP contribution in [0.15, 0.2) is 11.6 Å². The second-order valence-electron chi connectivity index (χ2n) is 7.10. The minimum absolute atomic E-state index is 0.126. The van der Waals surface area contributed by atoms with E-state index in [1.165, 1.54) is 0 Å². The maximum absolute atomic E-state index is 12.6. The van der Waals surface area contributed by atoms with Crippen LogP contribution in [0.1, 0.15) is 62.3 Å². The molecule has 2 N–H and O–H groups in total. The highest BCUT2D eigenvalue weighted by molar-refractivity contribution is 5.88. The van der Waals surface area contributed by atoms with Gasteiger partial charge in [-0.25, -0.2) is 4.79 Å². The summed E-state index contributed by atoms with van der Waals surface area (Å²) in [6.45, 7) is 17.6. The van der Waals surface area contributed by atoms with E-state index in [-0.39, 0.29) is 29.3 Å². The van der Waals surface area contributed by atoms with Gasteiger partial charge in [0, 0.05) is 12.6 Å². The number of ether oxygens (including phenoxy) is 1. The van der Waals surface area contributed by atoms with Crippen molar-refractivity contribution in [2.24, 2.45) is 17.1 Å². The molecule has 0 aliphatic heterocycles. The predicted molar refractivity (Wildman–Crippen MR) is 101 cm³/mol. The van der Waals surface area contributed by atoms with Crippen LogP contribution < -0.4 is 5.73 Å². The molecule has 0 saturated heterocycles. The van der Waals surface area contributed by atoms with Crippen LogP contribution in [0.25, 0.3) is 0 Å². The summed E-state index contributed by atoms with van der Waals surface area (Å²) in [5, 5.41) is 0. The monoisotopic (exact) mass is 342 g/mol. The smallest absolute Gasteiger partial charge is 0.333 e. The molecular weight excluding hydrogens is 304 g/mol. The van der Waals surface area contributed by atoms with E-state index in [0.717, 1.165) is 0 Å². The van der Waals surface area contributed by atoms with Gasteiger partial charge in [-0.2, -0.15) is 0 Å². The second kappa shape index (κ2) is 11.2. The van der Waals surface area contributed by atoms with Gasteiger partial charge in [-0.05, 0) is 25.2 Å². The molecule has 0 heterocycles. The number of rotatable bonds is 6. The first kappa shape index (κ1) is 24.9. The van der Waals surface area contributed by atoms with Crippen molar-refractivity contribution in [1.29, 1.82) is 0 Å². The van der Waals surface area contributed by atoms with Crippen molar-refractivity contribution in [3.8, 4) is 0 Å².